The first-order chi connectivity index (χ1) is 17.0. The average Bonchev–Trinajstić information content (AvgIpc) is 2.82. The number of carbonyl (C=O) groups excluding carboxylic acids is 1. The highest BCUT2D eigenvalue weighted by molar-refractivity contribution is 7.92. The normalized spacial score (nSPS) is 16.4. The highest BCUT2D eigenvalue weighted by Gasteiger charge is 2.36. The fraction of sp³-hybridized carbons (Fsp3) is 0.296. The van der Waals surface area contributed by atoms with E-state index in [0.29, 0.717) is 17.9 Å². The molecule has 1 unspecified atom stereocenters. The van der Waals surface area contributed by atoms with Gasteiger partial charge in [-0.05, 0) is 75.4 Å². The molecule has 4 rings (SSSR count). The lowest BCUT2D eigenvalue weighted by Gasteiger charge is -2.38. The number of amides is 1. The number of fused-ring (bicyclic) bond motifs is 1. The van der Waals surface area contributed by atoms with Gasteiger partial charge in [0.25, 0.3) is 10.0 Å². The minimum atomic E-state index is -4.11. The first-order valence-electron chi connectivity index (χ1n) is 11.5. The molecule has 7 nitrogen and oxygen atoms in total. The number of sulfonamides is 1. The Labute approximate surface area is 210 Å². The van der Waals surface area contributed by atoms with Gasteiger partial charge < -0.3 is 14.8 Å². The molecule has 0 radical (unpaired) electrons. The molecule has 0 bridgehead atoms. The number of methoxy groups -OCH3 is 1. The van der Waals surface area contributed by atoms with E-state index in [4.69, 9.17) is 9.47 Å². The molecule has 1 heterocycles. The molecule has 1 atom stereocenters. The molecule has 1 amide bonds. The van der Waals surface area contributed by atoms with Gasteiger partial charge >= 0.3 is 0 Å². The van der Waals surface area contributed by atoms with Crippen LogP contribution < -0.4 is 19.1 Å². The molecule has 1 aliphatic rings. The lowest BCUT2D eigenvalue weighted by Crippen LogP contribution is -2.45. The number of anilines is 1. The van der Waals surface area contributed by atoms with Gasteiger partial charge in [-0.25, -0.2) is 12.8 Å². The minimum absolute atomic E-state index is 0.0347. The first-order valence-corrected chi connectivity index (χ1v) is 12.9. The van der Waals surface area contributed by atoms with Crippen molar-refractivity contribution in [1.29, 1.82) is 0 Å². The molecule has 3 aromatic rings. The number of ether oxygens (including phenoxy) is 2. The Hall–Kier alpha value is -3.59. The zero-order chi connectivity index (χ0) is 26.1. The van der Waals surface area contributed by atoms with E-state index in [1.54, 1.807) is 37.4 Å². The molecular formula is C27H29FN2O5S. The van der Waals surface area contributed by atoms with Gasteiger partial charge in [0, 0.05) is 12.0 Å². The zero-order valence-corrected chi connectivity index (χ0v) is 21.4. The van der Waals surface area contributed by atoms with Gasteiger partial charge in [0.15, 0.2) is 0 Å². The molecule has 0 aromatic heterocycles. The lowest BCUT2D eigenvalue weighted by atomic mass is 9.89. The maximum absolute atomic E-state index is 13.6. The molecule has 190 valence electrons. The molecular weight excluding hydrogens is 483 g/mol. The maximum atomic E-state index is 13.6. The second-order valence-electron chi connectivity index (χ2n) is 9.39. The summed E-state index contributed by atoms with van der Waals surface area (Å²) in [5.74, 6) is 0.226. The number of nitrogens with one attached hydrogen (secondary N) is 1. The third-order valence-corrected chi connectivity index (χ3v) is 7.81. The van der Waals surface area contributed by atoms with E-state index in [1.165, 1.54) is 24.3 Å². The Kier molecular flexibility index (Phi) is 6.95. The van der Waals surface area contributed by atoms with Crippen LogP contribution in [0.15, 0.2) is 71.6 Å². The van der Waals surface area contributed by atoms with Crippen molar-refractivity contribution in [2.75, 3.05) is 18.0 Å². The van der Waals surface area contributed by atoms with Gasteiger partial charge in [0.1, 0.15) is 29.5 Å². The van der Waals surface area contributed by atoms with Crippen molar-refractivity contribution in [3.05, 3.63) is 83.7 Å². The summed E-state index contributed by atoms with van der Waals surface area (Å²) in [6, 6.07) is 16.3. The number of halogens is 1. The van der Waals surface area contributed by atoms with Crippen LogP contribution in [0.3, 0.4) is 0 Å². The topological polar surface area (TPSA) is 84.9 Å². The number of carbonyl (C=O) groups is 1. The second-order valence-corrected chi connectivity index (χ2v) is 11.3. The van der Waals surface area contributed by atoms with E-state index in [0.717, 1.165) is 27.6 Å². The van der Waals surface area contributed by atoms with Crippen molar-refractivity contribution in [3.63, 3.8) is 0 Å². The number of hydrogen-bond acceptors (Lipinski definition) is 5. The molecule has 1 aliphatic heterocycles. The van der Waals surface area contributed by atoms with Crippen molar-refractivity contribution in [2.45, 2.75) is 43.7 Å². The van der Waals surface area contributed by atoms with Crippen LogP contribution in [0.25, 0.3) is 0 Å². The van der Waals surface area contributed by atoms with E-state index in [1.807, 2.05) is 20.8 Å². The van der Waals surface area contributed by atoms with Gasteiger partial charge in [0.2, 0.25) is 5.91 Å². The van der Waals surface area contributed by atoms with Crippen molar-refractivity contribution in [1.82, 2.24) is 5.32 Å². The van der Waals surface area contributed by atoms with Crippen molar-refractivity contribution >= 4 is 21.6 Å². The quantitative estimate of drug-likeness (QED) is 0.494. The fourth-order valence-electron chi connectivity index (χ4n) is 4.22. The van der Waals surface area contributed by atoms with E-state index in [2.05, 4.69) is 5.32 Å². The second kappa shape index (κ2) is 9.81. The van der Waals surface area contributed by atoms with Crippen molar-refractivity contribution in [3.8, 4) is 11.5 Å². The van der Waals surface area contributed by atoms with Crippen LogP contribution in [-0.2, 0) is 14.8 Å². The molecule has 1 N–H and O–H groups in total. The van der Waals surface area contributed by atoms with Crippen molar-refractivity contribution in [2.24, 2.45) is 0 Å². The molecule has 0 aliphatic carbocycles. The number of rotatable bonds is 7. The highest BCUT2D eigenvalue weighted by atomic mass is 32.2. The summed E-state index contributed by atoms with van der Waals surface area (Å²) in [6.07, 6.45) is 0.472. The fourth-order valence-corrected chi connectivity index (χ4v) is 5.64. The summed E-state index contributed by atoms with van der Waals surface area (Å²) in [4.78, 5) is 13.3. The summed E-state index contributed by atoms with van der Waals surface area (Å²) in [7, 11) is -2.55. The predicted octanol–water partition coefficient (Wildman–Crippen LogP) is 4.76. The Morgan fingerprint density at radius 2 is 1.78 bits per heavy atom. The number of nitrogens with zero attached hydrogens (tertiary/aromatic N) is 1. The molecule has 9 heteroatoms. The molecule has 3 aromatic carbocycles. The van der Waals surface area contributed by atoms with E-state index in [-0.39, 0.29) is 10.6 Å². The van der Waals surface area contributed by atoms with Gasteiger partial charge in [-0.1, -0.05) is 17.7 Å². The van der Waals surface area contributed by atoms with Crippen LogP contribution in [0.4, 0.5) is 10.1 Å². The van der Waals surface area contributed by atoms with Gasteiger partial charge in [-0.15, -0.1) is 0 Å². The van der Waals surface area contributed by atoms with Crippen LogP contribution >= 0.6 is 0 Å². The van der Waals surface area contributed by atoms with Gasteiger partial charge in [-0.2, -0.15) is 0 Å². The van der Waals surface area contributed by atoms with E-state index < -0.39 is 39.9 Å². The average molecular weight is 513 g/mol. The SMILES string of the molecule is COc1ccc2c(c1)C(NC(=O)CN(c1ccc(F)cc1)S(=O)(=O)c1ccc(C)cc1)CC(C)(C)O2. The van der Waals surface area contributed by atoms with Crippen LogP contribution in [0.5, 0.6) is 11.5 Å². The standard InChI is InChI=1S/C27H29FN2O5S/c1-18-5-12-22(13-6-18)36(32,33)30(20-9-7-19(28)8-10-20)17-26(31)29-24-16-27(2,3)35-25-14-11-21(34-4)15-23(24)25/h5-15,24H,16-17H2,1-4H3,(H,29,31). The lowest BCUT2D eigenvalue weighted by molar-refractivity contribution is -0.120. The first kappa shape index (κ1) is 25.5. The minimum Gasteiger partial charge on any atom is -0.497 e. The Morgan fingerprint density at radius 3 is 2.42 bits per heavy atom. The van der Waals surface area contributed by atoms with Crippen molar-refractivity contribution < 1.29 is 27.1 Å². The van der Waals surface area contributed by atoms with Crippen LogP contribution in [-0.4, -0.2) is 33.6 Å². The molecule has 0 fully saturated rings. The third kappa shape index (κ3) is 5.46. The molecule has 0 spiro atoms. The number of hydrogen-bond donors (Lipinski definition) is 1. The number of aryl methyl sites for hydroxylation is 1. The molecule has 0 saturated heterocycles. The largest absolute Gasteiger partial charge is 0.497 e. The highest BCUT2D eigenvalue weighted by Crippen LogP contribution is 2.41. The summed E-state index contributed by atoms with van der Waals surface area (Å²) in [5.41, 5.74) is 1.28. The summed E-state index contributed by atoms with van der Waals surface area (Å²) in [6.45, 7) is 5.21. The van der Waals surface area contributed by atoms with Crippen LogP contribution in [0, 0.1) is 12.7 Å². The predicted molar refractivity (Wildman–Crippen MR) is 135 cm³/mol. The summed E-state index contributed by atoms with van der Waals surface area (Å²) < 4.78 is 53.1. The van der Waals surface area contributed by atoms with Crippen LogP contribution in [0.1, 0.15) is 37.4 Å². The van der Waals surface area contributed by atoms with Gasteiger partial charge in [-0.3, -0.25) is 9.10 Å². The molecule has 0 saturated carbocycles. The molecule has 36 heavy (non-hydrogen) atoms. The monoisotopic (exact) mass is 512 g/mol. The zero-order valence-electron chi connectivity index (χ0n) is 20.6. The Bertz CT molecular complexity index is 1360. The van der Waals surface area contributed by atoms with E-state index in [9.17, 15) is 17.6 Å². The smallest absolute Gasteiger partial charge is 0.264 e. The third-order valence-electron chi connectivity index (χ3n) is 6.02. The maximum Gasteiger partial charge on any atom is 0.264 e. The number of benzene rings is 3. The Morgan fingerprint density at radius 1 is 1.11 bits per heavy atom. The Balaban J connectivity index is 1.65. The van der Waals surface area contributed by atoms with E-state index >= 15 is 0 Å². The van der Waals surface area contributed by atoms with Crippen LogP contribution in [0.2, 0.25) is 0 Å². The van der Waals surface area contributed by atoms with Gasteiger partial charge in [0.05, 0.1) is 23.7 Å². The summed E-state index contributed by atoms with van der Waals surface area (Å²) in [5, 5.41) is 2.97. The summed E-state index contributed by atoms with van der Waals surface area (Å²) >= 11 is 0.